The van der Waals surface area contributed by atoms with Gasteiger partial charge in [-0.1, -0.05) is 13.8 Å². The highest BCUT2D eigenvalue weighted by Crippen LogP contribution is 2.19. The molecule has 1 aromatic rings. The zero-order chi connectivity index (χ0) is 12.1. The minimum Gasteiger partial charge on any atom is -0.333 e. The van der Waals surface area contributed by atoms with Gasteiger partial charge in [0.2, 0.25) is 0 Å². The number of aromatic nitrogens is 2. The average molecular weight is 236 g/mol. The van der Waals surface area contributed by atoms with Gasteiger partial charge in [-0.15, -0.1) is 0 Å². The second kappa shape index (κ2) is 6.17. The second-order valence-corrected chi connectivity index (χ2v) is 4.80. The molecule has 1 saturated heterocycles. The van der Waals surface area contributed by atoms with Crippen molar-refractivity contribution in [2.75, 3.05) is 32.7 Å². The molecule has 1 aliphatic rings. The smallest absolute Gasteiger partial charge is 0.0948 e. The lowest BCUT2D eigenvalue weighted by Gasteiger charge is -2.28. The topological polar surface area (TPSA) is 33.1 Å². The predicted molar refractivity (Wildman–Crippen MR) is 70.2 cm³/mol. The first kappa shape index (κ1) is 12.6. The maximum absolute atomic E-state index is 4.29. The first-order valence-corrected chi connectivity index (χ1v) is 6.78. The van der Waals surface area contributed by atoms with Crippen molar-refractivity contribution in [3.05, 3.63) is 18.2 Å². The molecular formula is C13H24N4. The SMILES string of the molecule is CCCN(CC)CCn1cncc1C1CNC1. The number of hydrogen-bond acceptors (Lipinski definition) is 3. The molecule has 0 radical (unpaired) electrons. The zero-order valence-electron chi connectivity index (χ0n) is 11.0. The fourth-order valence-corrected chi connectivity index (χ4v) is 2.35. The third-order valence-corrected chi connectivity index (χ3v) is 3.59. The maximum Gasteiger partial charge on any atom is 0.0948 e. The highest BCUT2D eigenvalue weighted by atomic mass is 15.2. The first-order chi connectivity index (χ1) is 8.35. The minimum atomic E-state index is 0.679. The van der Waals surface area contributed by atoms with Crippen molar-refractivity contribution >= 4 is 0 Å². The highest BCUT2D eigenvalue weighted by Gasteiger charge is 2.22. The molecule has 0 amide bonds. The molecule has 96 valence electrons. The average Bonchev–Trinajstić information content (AvgIpc) is 2.70. The van der Waals surface area contributed by atoms with Crippen LogP contribution in [0.5, 0.6) is 0 Å². The van der Waals surface area contributed by atoms with E-state index in [0.717, 1.165) is 32.7 Å². The van der Waals surface area contributed by atoms with Crippen molar-refractivity contribution in [2.45, 2.75) is 32.7 Å². The fraction of sp³-hybridized carbons (Fsp3) is 0.769. The summed E-state index contributed by atoms with van der Waals surface area (Å²) in [5.41, 5.74) is 1.40. The number of nitrogens with zero attached hydrogens (tertiary/aromatic N) is 3. The summed E-state index contributed by atoms with van der Waals surface area (Å²) in [6, 6.07) is 0. The Labute approximate surface area is 104 Å². The molecule has 1 N–H and O–H groups in total. The summed E-state index contributed by atoms with van der Waals surface area (Å²) < 4.78 is 2.32. The van der Waals surface area contributed by atoms with Gasteiger partial charge in [0, 0.05) is 44.0 Å². The first-order valence-electron chi connectivity index (χ1n) is 6.78. The Kier molecular flexibility index (Phi) is 4.57. The van der Waals surface area contributed by atoms with Crippen molar-refractivity contribution in [3.8, 4) is 0 Å². The van der Waals surface area contributed by atoms with Crippen LogP contribution in [0.4, 0.5) is 0 Å². The normalized spacial score (nSPS) is 16.4. The van der Waals surface area contributed by atoms with Crippen LogP contribution in [-0.2, 0) is 6.54 Å². The lowest BCUT2D eigenvalue weighted by atomic mass is 10.00. The van der Waals surface area contributed by atoms with E-state index in [4.69, 9.17) is 0 Å². The molecule has 2 rings (SSSR count). The Morgan fingerprint density at radius 2 is 2.24 bits per heavy atom. The van der Waals surface area contributed by atoms with Crippen LogP contribution in [0.1, 0.15) is 31.9 Å². The molecule has 4 heteroatoms. The summed E-state index contributed by atoms with van der Waals surface area (Å²) in [5.74, 6) is 0.679. The van der Waals surface area contributed by atoms with Gasteiger partial charge in [0.25, 0.3) is 0 Å². The van der Waals surface area contributed by atoms with E-state index in [1.54, 1.807) is 0 Å². The van der Waals surface area contributed by atoms with Crippen molar-refractivity contribution in [1.82, 2.24) is 19.8 Å². The van der Waals surface area contributed by atoms with Gasteiger partial charge in [-0.2, -0.15) is 0 Å². The van der Waals surface area contributed by atoms with Crippen molar-refractivity contribution in [2.24, 2.45) is 0 Å². The second-order valence-electron chi connectivity index (χ2n) is 4.80. The van der Waals surface area contributed by atoms with Gasteiger partial charge >= 0.3 is 0 Å². The zero-order valence-corrected chi connectivity index (χ0v) is 11.0. The molecule has 0 aromatic carbocycles. The number of likely N-dealkylation sites (N-methyl/N-ethyl adjacent to an activating group) is 1. The highest BCUT2D eigenvalue weighted by molar-refractivity contribution is 5.11. The molecule has 2 heterocycles. The van der Waals surface area contributed by atoms with Gasteiger partial charge in [0.05, 0.1) is 6.33 Å². The molecule has 0 unspecified atom stereocenters. The Morgan fingerprint density at radius 3 is 2.82 bits per heavy atom. The van der Waals surface area contributed by atoms with Gasteiger partial charge in [-0.3, -0.25) is 0 Å². The number of rotatable bonds is 7. The summed E-state index contributed by atoms with van der Waals surface area (Å²) in [7, 11) is 0. The van der Waals surface area contributed by atoms with Crippen LogP contribution in [-0.4, -0.2) is 47.2 Å². The van der Waals surface area contributed by atoms with Gasteiger partial charge in [0.15, 0.2) is 0 Å². The van der Waals surface area contributed by atoms with Crippen molar-refractivity contribution < 1.29 is 0 Å². The Hall–Kier alpha value is -0.870. The molecular weight excluding hydrogens is 212 g/mol. The molecule has 4 nitrogen and oxygen atoms in total. The van der Waals surface area contributed by atoms with Crippen LogP contribution in [0.25, 0.3) is 0 Å². The number of nitrogens with one attached hydrogen (secondary N) is 1. The van der Waals surface area contributed by atoms with Gasteiger partial charge in [0.1, 0.15) is 0 Å². The molecule has 1 aromatic heterocycles. The molecule has 0 saturated carbocycles. The maximum atomic E-state index is 4.29. The molecule has 1 aliphatic heterocycles. The van der Waals surface area contributed by atoms with E-state index in [1.807, 2.05) is 12.5 Å². The number of hydrogen-bond donors (Lipinski definition) is 1. The molecule has 17 heavy (non-hydrogen) atoms. The predicted octanol–water partition coefficient (Wildman–Crippen LogP) is 1.30. The summed E-state index contributed by atoms with van der Waals surface area (Å²) in [6.07, 6.45) is 5.24. The monoisotopic (exact) mass is 236 g/mol. The van der Waals surface area contributed by atoms with E-state index < -0.39 is 0 Å². The van der Waals surface area contributed by atoms with Crippen LogP contribution < -0.4 is 5.32 Å². The molecule has 0 aliphatic carbocycles. The Bertz CT molecular complexity index is 330. The molecule has 0 spiro atoms. The lowest BCUT2D eigenvalue weighted by molar-refractivity contribution is 0.273. The van der Waals surface area contributed by atoms with Crippen molar-refractivity contribution in [3.63, 3.8) is 0 Å². The quantitative estimate of drug-likeness (QED) is 0.774. The van der Waals surface area contributed by atoms with Crippen LogP contribution in [0.15, 0.2) is 12.5 Å². The minimum absolute atomic E-state index is 0.679. The van der Waals surface area contributed by atoms with Gasteiger partial charge < -0.3 is 14.8 Å². The summed E-state index contributed by atoms with van der Waals surface area (Å²) in [6.45, 7) is 11.2. The van der Waals surface area contributed by atoms with E-state index in [2.05, 4.69) is 33.6 Å². The van der Waals surface area contributed by atoms with Crippen molar-refractivity contribution in [1.29, 1.82) is 0 Å². The largest absolute Gasteiger partial charge is 0.333 e. The van der Waals surface area contributed by atoms with Gasteiger partial charge in [-0.05, 0) is 19.5 Å². The summed E-state index contributed by atoms with van der Waals surface area (Å²) >= 11 is 0. The van der Waals surface area contributed by atoms with E-state index in [1.165, 1.54) is 18.7 Å². The molecule has 0 bridgehead atoms. The molecule has 1 fully saturated rings. The number of imidazole rings is 1. The third kappa shape index (κ3) is 3.07. The summed E-state index contributed by atoms with van der Waals surface area (Å²) in [4.78, 5) is 6.79. The summed E-state index contributed by atoms with van der Waals surface area (Å²) in [5, 5.41) is 3.32. The standard InChI is InChI=1S/C13H24N4/c1-3-5-16(4-2)6-7-17-11-15-10-13(17)12-8-14-9-12/h10-12,14H,3-9H2,1-2H3. The van der Waals surface area contributed by atoms with E-state index >= 15 is 0 Å². The van der Waals surface area contributed by atoms with Crippen LogP contribution in [0.2, 0.25) is 0 Å². The van der Waals surface area contributed by atoms with Crippen LogP contribution in [0, 0.1) is 0 Å². The Balaban J connectivity index is 1.87. The van der Waals surface area contributed by atoms with Crippen LogP contribution >= 0.6 is 0 Å². The fourth-order valence-electron chi connectivity index (χ4n) is 2.35. The lowest BCUT2D eigenvalue weighted by Crippen LogP contribution is -2.41. The molecule has 0 atom stereocenters. The van der Waals surface area contributed by atoms with E-state index in [9.17, 15) is 0 Å². The van der Waals surface area contributed by atoms with E-state index in [-0.39, 0.29) is 0 Å². The van der Waals surface area contributed by atoms with Crippen LogP contribution in [0.3, 0.4) is 0 Å². The third-order valence-electron chi connectivity index (χ3n) is 3.59. The van der Waals surface area contributed by atoms with Gasteiger partial charge in [-0.25, -0.2) is 4.98 Å². The Morgan fingerprint density at radius 1 is 1.41 bits per heavy atom. The van der Waals surface area contributed by atoms with E-state index in [0.29, 0.717) is 5.92 Å².